The Balaban J connectivity index is 2.06. The van der Waals surface area contributed by atoms with Crippen LogP contribution in [0.5, 0.6) is 0 Å². The highest BCUT2D eigenvalue weighted by molar-refractivity contribution is 7.92. The van der Waals surface area contributed by atoms with E-state index in [0.29, 0.717) is 4.96 Å². The summed E-state index contributed by atoms with van der Waals surface area (Å²) in [6.07, 6.45) is 1.58. The number of rotatable bonds is 3. The third-order valence-corrected chi connectivity index (χ3v) is 7.53. The summed E-state index contributed by atoms with van der Waals surface area (Å²) < 4.78 is 50.9. The van der Waals surface area contributed by atoms with Gasteiger partial charge in [-0.25, -0.2) is 22.7 Å². The van der Waals surface area contributed by atoms with Crippen LogP contribution in [-0.4, -0.2) is 55.1 Å². The van der Waals surface area contributed by atoms with Gasteiger partial charge in [-0.05, 0) is 0 Å². The number of fused-ring (bicyclic) bond motifs is 1. The van der Waals surface area contributed by atoms with Crippen molar-refractivity contribution in [3.05, 3.63) is 11.6 Å². The number of nitrogens with two attached hydrogens (primary N) is 1. The first-order valence-electron chi connectivity index (χ1n) is 5.98. The van der Waals surface area contributed by atoms with Crippen LogP contribution in [0, 0.1) is 0 Å². The van der Waals surface area contributed by atoms with Crippen LogP contribution in [0.1, 0.15) is 0 Å². The lowest BCUT2D eigenvalue weighted by Gasteiger charge is -2.25. The first kappa shape index (κ1) is 14.7. The molecule has 9 nitrogen and oxygen atoms in total. The number of thiazole rings is 1. The fraction of sp³-hybridized carbons (Fsp3) is 0.444. The van der Waals surface area contributed by atoms with E-state index in [1.165, 1.54) is 15.7 Å². The van der Waals surface area contributed by atoms with Gasteiger partial charge in [-0.3, -0.25) is 4.40 Å². The number of nitrogen functional groups attached to an aromatic ring is 1. The molecule has 1 aliphatic rings. The molecule has 0 unspecified atom stereocenters. The van der Waals surface area contributed by atoms with Crippen molar-refractivity contribution in [2.45, 2.75) is 5.03 Å². The molecule has 0 radical (unpaired) electrons. The molecule has 1 aliphatic heterocycles. The average Bonchev–Trinajstić information content (AvgIpc) is 2.97. The van der Waals surface area contributed by atoms with Crippen LogP contribution >= 0.6 is 11.3 Å². The Hall–Kier alpha value is -1.21. The van der Waals surface area contributed by atoms with E-state index < -0.39 is 19.9 Å². The maximum absolute atomic E-state index is 12.7. The normalized spacial score (nSPS) is 19.9. The molecule has 3 N–H and O–H groups in total. The highest BCUT2D eigenvalue weighted by Crippen LogP contribution is 2.28. The van der Waals surface area contributed by atoms with Crippen molar-refractivity contribution < 1.29 is 16.8 Å². The highest BCUT2D eigenvalue weighted by Gasteiger charge is 2.35. The van der Waals surface area contributed by atoms with Crippen LogP contribution in [0.2, 0.25) is 0 Å². The Morgan fingerprint density at radius 1 is 1.33 bits per heavy atom. The molecule has 21 heavy (non-hydrogen) atoms. The molecule has 116 valence electrons. The van der Waals surface area contributed by atoms with Gasteiger partial charge in [0, 0.05) is 24.7 Å². The predicted octanol–water partition coefficient (Wildman–Crippen LogP) is -0.899. The number of hydrazine groups is 1. The van der Waals surface area contributed by atoms with Gasteiger partial charge in [0.25, 0.3) is 10.0 Å². The van der Waals surface area contributed by atoms with Crippen LogP contribution in [0.4, 0.5) is 5.82 Å². The van der Waals surface area contributed by atoms with Gasteiger partial charge in [0.15, 0.2) is 20.6 Å². The molecule has 1 fully saturated rings. The lowest BCUT2D eigenvalue weighted by Crippen LogP contribution is -2.44. The van der Waals surface area contributed by atoms with E-state index in [9.17, 15) is 16.8 Å². The van der Waals surface area contributed by atoms with Crippen molar-refractivity contribution in [1.29, 1.82) is 0 Å². The highest BCUT2D eigenvalue weighted by atomic mass is 32.2. The molecule has 0 spiro atoms. The SMILES string of the molecule is NNc1nc2sccn2c1S(=O)(=O)N1CCS(=O)(=O)CC1. The van der Waals surface area contributed by atoms with Crippen LogP contribution in [0.15, 0.2) is 16.6 Å². The van der Waals surface area contributed by atoms with Crippen molar-refractivity contribution in [3.63, 3.8) is 0 Å². The van der Waals surface area contributed by atoms with Gasteiger partial charge in [-0.15, -0.1) is 11.3 Å². The summed E-state index contributed by atoms with van der Waals surface area (Å²) in [5.74, 6) is 5.04. The quantitative estimate of drug-likeness (QED) is 0.542. The Labute approximate surface area is 125 Å². The largest absolute Gasteiger partial charge is 0.306 e. The maximum atomic E-state index is 12.7. The minimum Gasteiger partial charge on any atom is -0.306 e. The predicted molar refractivity (Wildman–Crippen MR) is 78.3 cm³/mol. The molecule has 0 atom stereocenters. The Kier molecular flexibility index (Phi) is 3.44. The van der Waals surface area contributed by atoms with Crippen LogP contribution < -0.4 is 11.3 Å². The van der Waals surface area contributed by atoms with Crippen molar-refractivity contribution in [2.24, 2.45) is 5.84 Å². The first-order chi connectivity index (χ1) is 9.85. The van der Waals surface area contributed by atoms with Crippen molar-refractivity contribution in [3.8, 4) is 0 Å². The smallest absolute Gasteiger partial charge is 0.263 e. The van der Waals surface area contributed by atoms with E-state index in [2.05, 4.69) is 10.4 Å². The third-order valence-electron chi connectivity index (χ3n) is 3.24. The summed E-state index contributed by atoms with van der Waals surface area (Å²) in [6, 6.07) is 0. The first-order valence-corrected chi connectivity index (χ1v) is 10.1. The lowest BCUT2D eigenvalue weighted by molar-refractivity contribution is 0.428. The van der Waals surface area contributed by atoms with Crippen LogP contribution in [-0.2, 0) is 19.9 Å². The zero-order valence-corrected chi connectivity index (χ0v) is 13.2. The average molecular weight is 351 g/mol. The lowest BCUT2D eigenvalue weighted by atomic mass is 10.6. The number of imidazole rings is 1. The van der Waals surface area contributed by atoms with Gasteiger partial charge in [-0.2, -0.15) is 9.29 Å². The van der Waals surface area contributed by atoms with E-state index >= 15 is 0 Å². The van der Waals surface area contributed by atoms with Gasteiger partial charge >= 0.3 is 0 Å². The molecule has 2 aromatic heterocycles. The van der Waals surface area contributed by atoms with Crippen molar-refractivity contribution >= 4 is 42.0 Å². The minimum absolute atomic E-state index is 0.0512. The zero-order chi connectivity index (χ0) is 15.3. The van der Waals surface area contributed by atoms with E-state index in [1.807, 2.05) is 0 Å². The van der Waals surface area contributed by atoms with E-state index in [-0.39, 0.29) is 35.4 Å². The maximum Gasteiger partial charge on any atom is 0.263 e. The number of nitrogens with one attached hydrogen (secondary N) is 1. The second-order valence-electron chi connectivity index (χ2n) is 4.52. The molecule has 3 rings (SSSR count). The summed E-state index contributed by atoms with van der Waals surface area (Å²) in [4.78, 5) is 4.59. The number of sulfone groups is 1. The van der Waals surface area contributed by atoms with Crippen LogP contribution in [0.25, 0.3) is 4.96 Å². The minimum atomic E-state index is -3.87. The van der Waals surface area contributed by atoms with Gasteiger partial charge in [0.05, 0.1) is 11.5 Å². The second kappa shape index (κ2) is 4.91. The van der Waals surface area contributed by atoms with Crippen molar-refractivity contribution in [1.82, 2.24) is 13.7 Å². The second-order valence-corrected chi connectivity index (χ2v) is 9.55. The number of hydrogen-bond acceptors (Lipinski definition) is 8. The molecule has 0 aliphatic carbocycles. The number of sulfonamides is 1. The molecule has 3 heterocycles. The molecule has 0 aromatic carbocycles. The molecular formula is C9H13N5O4S3. The molecule has 1 saturated heterocycles. The molecule has 0 saturated carbocycles. The topological polar surface area (TPSA) is 127 Å². The summed E-state index contributed by atoms with van der Waals surface area (Å²) in [5.41, 5.74) is 2.28. The summed E-state index contributed by atoms with van der Waals surface area (Å²) >= 11 is 1.28. The number of nitrogens with zero attached hydrogens (tertiary/aromatic N) is 3. The molecule has 0 amide bonds. The Morgan fingerprint density at radius 3 is 2.62 bits per heavy atom. The monoisotopic (exact) mass is 351 g/mol. The Bertz CT molecular complexity index is 868. The number of aromatic nitrogens is 2. The molecular weight excluding hydrogens is 338 g/mol. The fourth-order valence-electron chi connectivity index (χ4n) is 2.16. The molecule has 12 heteroatoms. The number of anilines is 1. The van der Waals surface area contributed by atoms with Crippen LogP contribution in [0.3, 0.4) is 0 Å². The van der Waals surface area contributed by atoms with Gasteiger partial charge < -0.3 is 5.43 Å². The molecule has 0 bridgehead atoms. The molecule has 2 aromatic rings. The summed E-state index contributed by atoms with van der Waals surface area (Å²) in [5, 5.41) is 1.64. The van der Waals surface area contributed by atoms with Gasteiger partial charge in [-0.1, -0.05) is 0 Å². The Morgan fingerprint density at radius 2 is 2.00 bits per heavy atom. The van der Waals surface area contributed by atoms with E-state index in [4.69, 9.17) is 5.84 Å². The van der Waals surface area contributed by atoms with E-state index in [0.717, 1.165) is 4.31 Å². The van der Waals surface area contributed by atoms with Gasteiger partial charge in [0.1, 0.15) is 0 Å². The number of hydrogen-bond donors (Lipinski definition) is 2. The fourth-order valence-corrected chi connectivity index (χ4v) is 6.02. The zero-order valence-electron chi connectivity index (χ0n) is 10.8. The van der Waals surface area contributed by atoms with Gasteiger partial charge in [0.2, 0.25) is 5.03 Å². The van der Waals surface area contributed by atoms with Crippen molar-refractivity contribution in [2.75, 3.05) is 30.0 Å². The van der Waals surface area contributed by atoms with E-state index in [1.54, 1.807) is 11.6 Å². The standard InChI is InChI=1S/C9H13N5O4S3/c10-12-7-8(14-1-4-19-9(14)11-7)21(17,18)13-2-5-20(15,16)6-3-13/h1,4,12H,2-3,5-6,10H2. The summed E-state index contributed by atoms with van der Waals surface area (Å²) in [6.45, 7) is -0.127. The summed E-state index contributed by atoms with van der Waals surface area (Å²) in [7, 11) is -7.03. The third kappa shape index (κ3) is 2.42.